The Hall–Kier alpha value is -0.850. The van der Waals surface area contributed by atoms with Crippen LogP contribution in [0.3, 0.4) is 0 Å². The van der Waals surface area contributed by atoms with E-state index in [4.69, 9.17) is 0 Å². The second-order valence-electron chi connectivity index (χ2n) is 3.18. The Morgan fingerprint density at radius 1 is 1.21 bits per heavy atom. The summed E-state index contributed by atoms with van der Waals surface area (Å²) in [5.41, 5.74) is 1.19. The van der Waals surface area contributed by atoms with Crippen LogP contribution in [0.5, 0.6) is 0 Å². The van der Waals surface area contributed by atoms with Crippen molar-refractivity contribution in [2.45, 2.75) is 6.92 Å². The van der Waals surface area contributed by atoms with Gasteiger partial charge >= 0.3 is 0 Å². The zero-order valence-electron chi connectivity index (χ0n) is 7.86. The molecule has 3 heteroatoms. The molecule has 2 aromatic rings. The van der Waals surface area contributed by atoms with Gasteiger partial charge in [-0.25, -0.2) is 0 Å². The normalized spacial score (nSPS) is 12.6. The molecule has 0 aliphatic heterocycles. The lowest BCUT2D eigenvalue weighted by Gasteiger charge is -1.97. The van der Waals surface area contributed by atoms with Crippen LogP contribution < -0.4 is 9.92 Å². The molecule has 72 valence electrons. The average Bonchev–Trinajstić information content (AvgIpc) is 2.65. The second kappa shape index (κ2) is 4.12. The van der Waals surface area contributed by atoms with Crippen molar-refractivity contribution in [3.63, 3.8) is 0 Å². The Labute approximate surface area is 88.2 Å². The van der Waals surface area contributed by atoms with Crippen molar-refractivity contribution in [1.29, 1.82) is 0 Å². The number of thiophene rings is 1. The van der Waals surface area contributed by atoms with E-state index in [-0.39, 0.29) is 0 Å². The molecule has 0 saturated carbocycles. The van der Waals surface area contributed by atoms with E-state index in [0.29, 0.717) is 0 Å². The fraction of sp³-hybridized carbons (Fsp3) is 0.0909. The van der Waals surface area contributed by atoms with Gasteiger partial charge in [0, 0.05) is 5.30 Å². The highest BCUT2D eigenvalue weighted by atomic mass is 32.1. The maximum Gasteiger partial charge on any atom is 0.141 e. The first-order valence-electron chi connectivity index (χ1n) is 4.42. The van der Waals surface area contributed by atoms with E-state index in [2.05, 4.69) is 0 Å². The molecule has 2 rings (SSSR count). The molecule has 0 radical (unpaired) electrons. The molecule has 0 aliphatic rings. The predicted molar refractivity (Wildman–Crippen MR) is 63.8 cm³/mol. The van der Waals surface area contributed by atoms with Gasteiger partial charge in [-0.15, -0.1) is 11.3 Å². The number of hydrogen-bond donors (Lipinski definition) is 0. The van der Waals surface area contributed by atoms with Gasteiger partial charge in [0.2, 0.25) is 0 Å². The number of aryl methyl sites for hydroxylation is 1. The molecule has 1 nitrogen and oxygen atoms in total. The Bertz CT molecular complexity index is 447. The quantitative estimate of drug-likeness (QED) is 0.714. The largest absolute Gasteiger partial charge is 0.316 e. The third-order valence-electron chi connectivity index (χ3n) is 1.99. The van der Waals surface area contributed by atoms with Crippen LogP contribution in [0.4, 0.5) is 0 Å². The minimum Gasteiger partial charge on any atom is -0.316 e. The van der Waals surface area contributed by atoms with Gasteiger partial charge < -0.3 is 4.57 Å². The van der Waals surface area contributed by atoms with Gasteiger partial charge in [-0.2, -0.15) is 0 Å². The van der Waals surface area contributed by atoms with Gasteiger partial charge in [0.1, 0.15) is 7.80 Å². The number of hydrogen-bond acceptors (Lipinski definition) is 2. The van der Waals surface area contributed by atoms with E-state index in [0.717, 1.165) is 9.92 Å². The molecule has 0 N–H and O–H groups in total. The highest BCUT2D eigenvalue weighted by Gasteiger charge is 2.07. The third-order valence-corrected chi connectivity index (χ3v) is 5.21. The fourth-order valence-electron chi connectivity index (χ4n) is 1.28. The van der Waals surface area contributed by atoms with E-state index in [1.807, 2.05) is 48.7 Å². The van der Waals surface area contributed by atoms with E-state index in [1.165, 1.54) is 5.56 Å². The van der Waals surface area contributed by atoms with Crippen molar-refractivity contribution in [3.8, 4) is 0 Å². The van der Waals surface area contributed by atoms with Crippen LogP contribution in [0.1, 0.15) is 5.56 Å². The Balaban J connectivity index is 2.34. The van der Waals surface area contributed by atoms with Gasteiger partial charge in [-0.05, 0) is 23.9 Å². The average molecular weight is 222 g/mol. The SMILES string of the molecule is Cc1csc([PH](=O)c2ccccc2)c1. The standard InChI is InChI=1S/C11H11OPS/c1-9-7-11(14-8-9)13(12)10-5-3-2-4-6-10/h2-8,13H,1H3. The summed E-state index contributed by atoms with van der Waals surface area (Å²) in [4.78, 5) is 0. The van der Waals surface area contributed by atoms with Crippen LogP contribution in [-0.4, -0.2) is 0 Å². The lowest BCUT2D eigenvalue weighted by Crippen LogP contribution is -2.01. The summed E-state index contributed by atoms with van der Waals surface area (Å²) in [5.74, 6) is 0. The van der Waals surface area contributed by atoms with Crippen molar-refractivity contribution >= 4 is 29.1 Å². The maximum absolute atomic E-state index is 12.1. The molecule has 14 heavy (non-hydrogen) atoms. The van der Waals surface area contributed by atoms with E-state index in [9.17, 15) is 4.57 Å². The van der Waals surface area contributed by atoms with Gasteiger partial charge in [-0.1, -0.05) is 30.3 Å². The zero-order valence-corrected chi connectivity index (χ0v) is 9.67. The molecule has 1 heterocycles. The first kappa shape index (κ1) is 9.70. The molecule has 0 amide bonds. The van der Waals surface area contributed by atoms with E-state index in [1.54, 1.807) is 11.3 Å². The predicted octanol–water partition coefficient (Wildman–Crippen LogP) is 2.57. The van der Waals surface area contributed by atoms with Crippen LogP contribution >= 0.6 is 19.1 Å². The lowest BCUT2D eigenvalue weighted by atomic mass is 10.4. The van der Waals surface area contributed by atoms with Crippen LogP contribution in [0.2, 0.25) is 0 Å². The highest BCUT2D eigenvalue weighted by Crippen LogP contribution is 2.23. The molecule has 0 spiro atoms. The van der Waals surface area contributed by atoms with Gasteiger partial charge in [0.15, 0.2) is 0 Å². The van der Waals surface area contributed by atoms with Gasteiger partial charge in [-0.3, -0.25) is 0 Å². The van der Waals surface area contributed by atoms with Crippen molar-refractivity contribution in [3.05, 3.63) is 47.3 Å². The molecule has 0 fully saturated rings. The summed E-state index contributed by atoms with van der Waals surface area (Å²) in [5, 5.41) is 2.99. The summed E-state index contributed by atoms with van der Waals surface area (Å²) < 4.78 is 13.1. The maximum atomic E-state index is 12.1. The lowest BCUT2D eigenvalue weighted by molar-refractivity contribution is 0.598. The first-order chi connectivity index (χ1) is 6.77. The fourth-order valence-corrected chi connectivity index (χ4v) is 4.01. The zero-order chi connectivity index (χ0) is 9.97. The first-order valence-corrected chi connectivity index (χ1v) is 6.71. The molecule has 1 aromatic heterocycles. The Kier molecular flexibility index (Phi) is 2.85. The van der Waals surface area contributed by atoms with Crippen molar-refractivity contribution in [2.75, 3.05) is 0 Å². The minimum atomic E-state index is -1.76. The molecule has 0 bridgehead atoms. The van der Waals surface area contributed by atoms with Gasteiger partial charge in [0.05, 0.1) is 4.62 Å². The summed E-state index contributed by atoms with van der Waals surface area (Å²) in [6.45, 7) is 2.03. The smallest absolute Gasteiger partial charge is 0.141 e. The van der Waals surface area contributed by atoms with Crippen LogP contribution in [0.15, 0.2) is 41.8 Å². The van der Waals surface area contributed by atoms with Gasteiger partial charge in [0.25, 0.3) is 0 Å². The molecule has 1 atom stereocenters. The number of benzene rings is 1. The van der Waals surface area contributed by atoms with Crippen LogP contribution in [0.25, 0.3) is 0 Å². The molecular weight excluding hydrogens is 211 g/mol. The summed E-state index contributed by atoms with van der Waals surface area (Å²) in [6, 6.07) is 11.7. The van der Waals surface area contributed by atoms with Crippen LogP contribution in [-0.2, 0) is 4.57 Å². The summed E-state index contributed by atoms with van der Waals surface area (Å²) >= 11 is 1.59. The Morgan fingerprint density at radius 2 is 1.93 bits per heavy atom. The monoisotopic (exact) mass is 222 g/mol. The summed E-state index contributed by atoms with van der Waals surface area (Å²) in [6.07, 6.45) is 0. The second-order valence-corrected chi connectivity index (χ2v) is 6.23. The van der Waals surface area contributed by atoms with E-state index >= 15 is 0 Å². The van der Waals surface area contributed by atoms with Crippen molar-refractivity contribution < 1.29 is 4.57 Å². The van der Waals surface area contributed by atoms with Crippen molar-refractivity contribution in [2.24, 2.45) is 0 Å². The number of rotatable bonds is 2. The molecular formula is C11H11OPS. The van der Waals surface area contributed by atoms with Crippen molar-refractivity contribution in [1.82, 2.24) is 0 Å². The highest BCUT2D eigenvalue weighted by molar-refractivity contribution is 7.67. The Morgan fingerprint density at radius 3 is 2.50 bits per heavy atom. The summed E-state index contributed by atoms with van der Waals surface area (Å²) in [7, 11) is -1.76. The van der Waals surface area contributed by atoms with Crippen LogP contribution in [0, 0.1) is 6.92 Å². The molecule has 1 unspecified atom stereocenters. The molecule has 0 saturated heterocycles. The molecule has 0 aliphatic carbocycles. The minimum absolute atomic E-state index is 0.944. The molecule has 1 aromatic carbocycles. The topological polar surface area (TPSA) is 17.1 Å². The van der Waals surface area contributed by atoms with E-state index < -0.39 is 7.80 Å². The third kappa shape index (κ3) is 1.97.